The first kappa shape index (κ1) is 15.2. The molecule has 3 heterocycles. The van der Waals surface area contributed by atoms with Crippen LogP contribution in [0.5, 0.6) is 11.5 Å². The molecule has 2 aliphatic rings. The molecule has 1 amide bonds. The maximum Gasteiger partial charge on any atom is 0.249 e. The van der Waals surface area contributed by atoms with Crippen LogP contribution < -0.4 is 14.8 Å². The number of rotatable bonds is 3. The van der Waals surface area contributed by atoms with Crippen LogP contribution in [0, 0.1) is 5.92 Å². The lowest BCUT2D eigenvalue weighted by Crippen LogP contribution is -2.14. The van der Waals surface area contributed by atoms with Gasteiger partial charge < -0.3 is 9.47 Å². The molecule has 5 rings (SSSR count). The number of benzene rings is 1. The van der Waals surface area contributed by atoms with E-state index < -0.39 is 0 Å². The van der Waals surface area contributed by atoms with Gasteiger partial charge in [0.2, 0.25) is 11.9 Å². The third-order valence-electron chi connectivity index (χ3n) is 4.59. The molecular weight excluding hydrogens is 332 g/mol. The SMILES string of the molecule is O=C(Nc1nc2cccc(-c3ccc4c(c3)OCCCO4)n2n1)C1CC1. The number of pyridine rings is 1. The Hall–Kier alpha value is -3.09. The molecule has 132 valence electrons. The van der Waals surface area contributed by atoms with Gasteiger partial charge in [0, 0.05) is 17.9 Å². The van der Waals surface area contributed by atoms with Crippen molar-refractivity contribution < 1.29 is 14.3 Å². The van der Waals surface area contributed by atoms with Crippen molar-refractivity contribution in [3.05, 3.63) is 36.4 Å². The maximum atomic E-state index is 12.0. The van der Waals surface area contributed by atoms with Crippen LogP contribution in [0.25, 0.3) is 16.9 Å². The van der Waals surface area contributed by atoms with Gasteiger partial charge in [0.05, 0.1) is 18.9 Å². The summed E-state index contributed by atoms with van der Waals surface area (Å²) in [5.41, 5.74) is 2.50. The Balaban J connectivity index is 1.53. The Kier molecular flexibility index (Phi) is 3.51. The van der Waals surface area contributed by atoms with E-state index >= 15 is 0 Å². The third kappa shape index (κ3) is 2.75. The van der Waals surface area contributed by atoms with Gasteiger partial charge in [-0.1, -0.05) is 6.07 Å². The molecule has 3 aromatic rings. The molecule has 0 unspecified atom stereocenters. The summed E-state index contributed by atoms with van der Waals surface area (Å²) >= 11 is 0. The number of carbonyl (C=O) groups excluding carboxylic acids is 1. The molecular formula is C19H18N4O3. The fourth-order valence-corrected chi connectivity index (χ4v) is 3.06. The highest BCUT2D eigenvalue weighted by atomic mass is 16.5. The summed E-state index contributed by atoms with van der Waals surface area (Å²) in [6.45, 7) is 1.30. The van der Waals surface area contributed by atoms with E-state index in [1.165, 1.54) is 0 Å². The van der Waals surface area contributed by atoms with Crippen molar-refractivity contribution in [2.75, 3.05) is 18.5 Å². The summed E-state index contributed by atoms with van der Waals surface area (Å²) in [5.74, 6) is 1.94. The molecule has 1 N–H and O–H groups in total. The van der Waals surface area contributed by atoms with Gasteiger partial charge in [-0.25, -0.2) is 4.52 Å². The Morgan fingerprint density at radius 1 is 1.12 bits per heavy atom. The zero-order valence-electron chi connectivity index (χ0n) is 14.1. The predicted octanol–water partition coefficient (Wildman–Crippen LogP) is 2.91. The van der Waals surface area contributed by atoms with Crippen LogP contribution in [0.3, 0.4) is 0 Å². The lowest BCUT2D eigenvalue weighted by atomic mass is 10.1. The molecule has 2 aromatic heterocycles. The number of hydrogen-bond donors (Lipinski definition) is 1. The molecule has 0 spiro atoms. The van der Waals surface area contributed by atoms with Gasteiger partial charge in [-0.15, -0.1) is 5.10 Å². The van der Waals surface area contributed by atoms with Crippen molar-refractivity contribution in [3.63, 3.8) is 0 Å². The van der Waals surface area contributed by atoms with Gasteiger partial charge in [-0.2, -0.15) is 4.98 Å². The monoisotopic (exact) mass is 350 g/mol. The number of carbonyl (C=O) groups is 1. The number of hydrogen-bond acceptors (Lipinski definition) is 5. The van der Waals surface area contributed by atoms with E-state index in [-0.39, 0.29) is 11.8 Å². The van der Waals surface area contributed by atoms with Crippen LogP contribution >= 0.6 is 0 Å². The second-order valence-corrected chi connectivity index (χ2v) is 6.59. The molecule has 7 heteroatoms. The molecule has 26 heavy (non-hydrogen) atoms. The molecule has 0 bridgehead atoms. The summed E-state index contributed by atoms with van der Waals surface area (Å²) in [6.07, 6.45) is 2.76. The first-order valence-electron chi connectivity index (χ1n) is 8.84. The number of anilines is 1. The molecule has 1 aliphatic carbocycles. The predicted molar refractivity (Wildman–Crippen MR) is 95.4 cm³/mol. The first-order chi connectivity index (χ1) is 12.8. The lowest BCUT2D eigenvalue weighted by molar-refractivity contribution is -0.117. The molecule has 0 atom stereocenters. The van der Waals surface area contributed by atoms with Gasteiger partial charge in [0.1, 0.15) is 0 Å². The van der Waals surface area contributed by atoms with Crippen LogP contribution in [0.4, 0.5) is 5.95 Å². The Morgan fingerprint density at radius 2 is 1.96 bits per heavy atom. The van der Waals surface area contributed by atoms with E-state index in [0.29, 0.717) is 24.8 Å². The van der Waals surface area contributed by atoms with E-state index in [2.05, 4.69) is 15.4 Å². The molecule has 1 saturated carbocycles. The van der Waals surface area contributed by atoms with Crippen molar-refractivity contribution in [2.45, 2.75) is 19.3 Å². The van der Waals surface area contributed by atoms with Crippen LogP contribution in [-0.2, 0) is 4.79 Å². The standard InChI is InChI=1S/C19H18N4O3/c24-18(12-5-6-12)21-19-20-17-4-1-3-14(23(17)22-19)13-7-8-15-16(11-13)26-10-2-9-25-15/h1,3-4,7-8,11-12H,2,5-6,9-10H2,(H,21,22,24). The Morgan fingerprint density at radius 3 is 2.81 bits per heavy atom. The van der Waals surface area contributed by atoms with E-state index in [1.807, 2.05) is 36.4 Å². The van der Waals surface area contributed by atoms with Gasteiger partial charge in [0.15, 0.2) is 17.1 Å². The Bertz CT molecular complexity index is 994. The van der Waals surface area contributed by atoms with Crippen LogP contribution in [0.1, 0.15) is 19.3 Å². The summed E-state index contributed by atoms with van der Waals surface area (Å²) in [7, 11) is 0. The quantitative estimate of drug-likeness (QED) is 0.786. The van der Waals surface area contributed by atoms with Gasteiger partial charge in [-0.3, -0.25) is 10.1 Å². The number of ether oxygens (including phenoxy) is 2. The largest absolute Gasteiger partial charge is 0.490 e. The molecule has 1 aliphatic heterocycles. The minimum atomic E-state index is -0.00182. The number of fused-ring (bicyclic) bond motifs is 2. The molecule has 0 saturated heterocycles. The summed E-state index contributed by atoms with van der Waals surface area (Å²) < 4.78 is 13.2. The first-order valence-corrected chi connectivity index (χ1v) is 8.84. The van der Waals surface area contributed by atoms with Gasteiger partial charge in [-0.05, 0) is 43.2 Å². The fourth-order valence-electron chi connectivity index (χ4n) is 3.06. The minimum Gasteiger partial charge on any atom is -0.490 e. The van der Waals surface area contributed by atoms with E-state index in [4.69, 9.17) is 9.47 Å². The van der Waals surface area contributed by atoms with Crippen LogP contribution in [-0.4, -0.2) is 33.7 Å². The highest BCUT2D eigenvalue weighted by molar-refractivity contribution is 5.92. The zero-order valence-corrected chi connectivity index (χ0v) is 14.1. The van der Waals surface area contributed by atoms with Gasteiger partial charge >= 0.3 is 0 Å². The second kappa shape index (κ2) is 6.01. The average molecular weight is 350 g/mol. The third-order valence-corrected chi connectivity index (χ3v) is 4.59. The molecule has 0 radical (unpaired) electrons. The summed E-state index contributed by atoms with van der Waals surface area (Å²) in [4.78, 5) is 16.4. The Labute approximate surface area is 149 Å². The lowest BCUT2D eigenvalue weighted by Gasteiger charge is -2.10. The minimum absolute atomic E-state index is 0.00182. The summed E-state index contributed by atoms with van der Waals surface area (Å²) in [6, 6.07) is 11.6. The molecule has 1 fully saturated rings. The van der Waals surface area contributed by atoms with Crippen molar-refractivity contribution in [1.29, 1.82) is 0 Å². The number of nitrogens with one attached hydrogen (secondary N) is 1. The topological polar surface area (TPSA) is 77.8 Å². The van der Waals surface area contributed by atoms with E-state index in [9.17, 15) is 4.79 Å². The van der Waals surface area contributed by atoms with E-state index in [1.54, 1.807) is 4.52 Å². The van der Waals surface area contributed by atoms with E-state index in [0.717, 1.165) is 42.0 Å². The number of amides is 1. The zero-order chi connectivity index (χ0) is 17.5. The van der Waals surface area contributed by atoms with Crippen molar-refractivity contribution in [3.8, 4) is 22.8 Å². The highest BCUT2D eigenvalue weighted by Crippen LogP contribution is 2.34. The second-order valence-electron chi connectivity index (χ2n) is 6.59. The fraction of sp³-hybridized carbons (Fsp3) is 0.316. The number of aromatic nitrogens is 3. The normalized spacial score (nSPS) is 16.3. The van der Waals surface area contributed by atoms with Gasteiger partial charge in [0.25, 0.3) is 0 Å². The van der Waals surface area contributed by atoms with Crippen molar-refractivity contribution >= 4 is 17.5 Å². The maximum absolute atomic E-state index is 12.0. The highest BCUT2D eigenvalue weighted by Gasteiger charge is 2.30. The van der Waals surface area contributed by atoms with Crippen LogP contribution in [0.15, 0.2) is 36.4 Å². The number of nitrogens with zero attached hydrogens (tertiary/aromatic N) is 3. The smallest absolute Gasteiger partial charge is 0.249 e. The van der Waals surface area contributed by atoms with Crippen molar-refractivity contribution in [1.82, 2.24) is 14.6 Å². The molecule has 7 nitrogen and oxygen atoms in total. The van der Waals surface area contributed by atoms with Crippen molar-refractivity contribution in [2.24, 2.45) is 5.92 Å². The summed E-state index contributed by atoms with van der Waals surface area (Å²) in [5, 5.41) is 7.27. The molecule has 1 aromatic carbocycles. The van der Waals surface area contributed by atoms with Crippen LogP contribution in [0.2, 0.25) is 0 Å². The average Bonchev–Trinajstić information content (AvgIpc) is 3.45.